The number of hydrogen-bond acceptors (Lipinski definition) is 16. The molecule has 16 nitrogen and oxygen atoms in total. The predicted octanol–water partition coefficient (Wildman–Crippen LogP) is 2.77. The molecule has 0 aromatic heterocycles. The van der Waals surface area contributed by atoms with Gasteiger partial charge in [0, 0.05) is 39.2 Å². The van der Waals surface area contributed by atoms with Crippen LogP contribution in [0.5, 0.6) is 0 Å². The fourth-order valence-corrected chi connectivity index (χ4v) is 7.82. The summed E-state index contributed by atoms with van der Waals surface area (Å²) in [6.45, 7) is 11.8. The third-order valence-corrected chi connectivity index (χ3v) is 10.9. The van der Waals surface area contributed by atoms with Gasteiger partial charge < -0.3 is 62.9 Å². The lowest BCUT2D eigenvalue weighted by atomic mass is 9.82. The largest absolute Gasteiger partial charge is 0.462 e. The Morgan fingerprint density at radius 2 is 1.63 bits per heavy atom. The van der Waals surface area contributed by atoms with E-state index in [1.807, 2.05) is 13.0 Å². The van der Waals surface area contributed by atoms with Gasteiger partial charge in [0.2, 0.25) is 0 Å². The van der Waals surface area contributed by atoms with Gasteiger partial charge >= 0.3 is 17.9 Å². The van der Waals surface area contributed by atoms with Crippen molar-refractivity contribution in [3.05, 3.63) is 24.3 Å². The zero-order valence-corrected chi connectivity index (χ0v) is 35.2. The molecule has 3 heterocycles. The molecule has 3 N–H and O–H groups in total. The number of likely N-dealkylation sites (N-methyl/N-ethyl adjacent to an activating group) is 1. The van der Waals surface area contributed by atoms with Gasteiger partial charge in [0.1, 0.15) is 42.4 Å². The summed E-state index contributed by atoms with van der Waals surface area (Å²) in [6.07, 6.45) is -4.08. The lowest BCUT2D eigenvalue weighted by molar-refractivity contribution is -0.344. The van der Waals surface area contributed by atoms with E-state index in [2.05, 4.69) is 0 Å². The molecule has 0 amide bonds. The first-order valence-corrected chi connectivity index (χ1v) is 20.1. The van der Waals surface area contributed by atoms with Crippen molar-refractivity contribution in [2.75, 3.05) is 21.2 Å². The molecule has 3 aliphatic rings. The summed E-state index contributed by atoms with van der Waals surface area (Å²) in [4.78, 5) is 52.3. The van der Waals surface area contributed by atoms with Crippen LogP contribution in [0.3, 0.4) is 0 Å². The van der Waals surface area contributed by atoms with Crippen molar-refractivity contribution in [2.24, 2.45) is 11.8 Å². The fraction of sp³-hybridized carbons (Fsp3) is 0.805. The zero-order chi connectivity index (χ0) is 42.6. The van der Waals surface area contributed by atoms with Gasteiger partial charge in [-0.25, -0.2) is 0 Å². The van der Waals surface area contributed by atoms with Crippen LogP contribution < -0.4 is 0 Å². The third-order valence-electron chi connectivity index (χ3n) is 10.9. The first-order valence-electron chi connectivity index (χ1n) is 20.1. The van der Waals surface area contributed by atoms with Crippen molar-refractivity contribution >= 4 is 24.2 Å². The summed E-state index contributed by atoms with van der Waals surface area (Å²) in [6, 6.07) is -0.779. The lowest BCUT2D eigenvalue weighted by Gasteiger charge is -2.50. The van der Waals surface area contributed by atoms with Crippen LogP contribution in [-0.2, 0) is 57.1 Å². The monoisotopic (exact) mass is 813 g/mol. The van der Waals surface area contributed by atoms with Crippen molar-refractivity contribution in [1.82, 2.24) is 4.90 Å². The zero-order valence-electron chi connectivity index (χ0n) is 35.2. The summed E-state index contributed by atoms with van der Waals surface area (Å²) in [5.74, 6) is -2.82. The van der Waals surface area contributed by atoms with E-state index in [0.717, 1.165) is 0 Å². The molecule has 3 rings (SSSR count). The Morgan fingerprint density at radius 3 is 2.23 bits per heavy atom. The SMILES string of the molecule is CCC(=O)OC1CC(=O)OC(C)C/C=C/C=C/C(O)C(C)CC(CC=O)C(OC2OC(C)C(OC3CC(C)(O)C(OC(=O)CC)C(C)O3)C(N(C)C)C2O)C1OC. The maximum absolute atomic E-state index is 13.3. The van der Waals surface area contributed by atoms with Crippen molar-refractivity contribution in [2.45, 2.75) is 179 Å². The lowest BCUT2D eigenvalue weighted by Crippen LogP contribution is -2.66. The van der Waals surface area contributed by atoms with Crippen LogP contribution in [0.25, 0.3) is 0 Å². The molecule has 2 fully saturated rings. The number of aliphatic hydroxyl groups excluding tert-OH is 2. The molecule has 16 unspecified atom stereocenters. The summed E-state index contributed by atoms with van der Waals surface area (Å²) in [5.41, 5.74) is -1.49. The highest BCUT2D eigenvalue weighted by Gasteiger charge is 2.53. The van der Waals surface area contributed by atoms with E-state index in [1.165, 1.54) is 7.11 Å². The average molecular weight is 814 g/mol. The maximum atomic E-state index is 13.3. The van der Waals surface area contributed by atoms with Crippen molar-refractivity contribution in [1.29, 1.82) is 0 Å². The van der Waals surface area contributed by atoms with Crippen LogP contribution in [0.4, 0.5) is 0 Å². The highest BCUT2D eigenvalue weighted by atomic mass is 16.7. The number of hydrogen-bond donors (Lipinski definition) is 3. The van der Waals surface area contributed by atoms with E-state index in [0.29, 0.717) is 12.7 Å². The van der Waals surface area contributed by atoms with E-state index < -0.39 is 121 Å². The minimum atomic E-state index is -1.49. The maximum Gasteiger partial charge on any atom is 0.309 e. The molecule has 0 saturated carbocycles. The number of methoxy groups -OCH3 is 1. The molecule has 326 valence electrons. The van der Waals surface area contributed by atoms with Gasteiger partial charge in [-0.2, -0.15) is 0 Å². The van der Waals surface area contributed by atoms with Crippen molar-refractivity contribution < 1.29 is 72.4 Å². The van der Waals surface area contributed by atoms with Crippen molar-refractivity contribution in [3.63, 3.8) is 0 Å². The number of rotatable bonds is 12. The van der Waals surface area contributed by atoms with Crippen LogP contribution in [0, 0.1) is 11.8 Å². The number of carbonyl (C=O) groups is 4. The quantitative estimate of drug-likeness (QED) is 0.147. The molecule has 16 heteroatoms. The molecule has 3 aliphatic heterocycles. The van der Waals surface area contributed by atoms with Gasteiger partial charge in [0.15, 0.2) is 18.7 Å². The Labute approximate surface area is 337 Å². The topological polar surface area (TPSA) is 206 Å². The summed E-state index contributed by atoms with van der Waals surface area (Å²) >= 11 is 0. The standard InChI is InChI=1S/C41H67NO15/c1-11-30(45)54-29-21-32(47)51-24(4)16-14-13-15-17-28(44)23(3)20-27(18-19-43)37(38(29)50-10)57-40-35(48)34(42(8)9)36(25(5)53-40)56-33-22-41(7,49)39(26(6)52-33)55-31(46)12-2/h13-15,17,19,23-29,33-40,44,48-49H,11-12,16,18,20-22H2,1-10H3/b14-13+,17-15+. The number of cyclic esters (lactones) is 1. The predicted molar refractivity (Wildman–Crippen MR) is 205 cm³/mol. The number of ether oxygens (including phenoxy) is 8. The third kappa shape index (κ3) is 13.6. The van der Waals surface area contributed by atoms with Gasteiger partial charge in [-0.3, -0.25) is 14.4 Å². The minimum Gasteiger partial charge on any atom is -0.462 e. The van der Waals surface area contributed by atoms with Crippen LogP contribution >= 0.6 is 0 Å². The van der Waals surface area contributed by atoms with Crippen LogP contribution in [0.2, 0.25) is 0 Å². The van der Waals surface area contributed by atoms with Gasteiger partial charge in [-0.15, -0.1) is 0 Å². The molecule has 0 aliphatic carbocycles. The highest BCUT2D eigenvalue weighted by Crippen LogP contribution is 2.37. The second-order valence-corrected chi connectivity index (χ2v) is 16.0. The normalized spacial score (nSPS) is 41.1. The average Bonchev–Trinajstić information content (AvgIpc) is 3.13. The number of aldehydes is 1. The molecule has 2 saturated heterocycles. The van der Waals surface area contributed by atoms with E-state index in [9.17, 15) is 34.5 Å². The van der Waals surface area contributed by atoms with Gasteiger partial charge in [0.25, 0.3) is 0 Å². The Hall–Kier alpha value is -2.80. The number of aliphatic hydroxyl groups is 3. The Balaban J connectivity index is 2.01. The molecule has 0 aromatic rings. The molecule has 0 spiro atoms. The first kappa shape index (κ1) is 48.6. The Bertz CT molecular complexity index is 1350. The second kappa shape index (κ2) is 22.5. The van der Waals surface area contributed by atoms with E-state index in [4.69, 9.17) is 37.9 Å². The molecule has 0 radical (unpaired) electrons. The molecule has 16 atom stereocenters. The van der Waals surface area contributed by atoms with Gasteiger partial charge in [0.05, 0.1) is 36.9 Å². The number of esters is 3. The molecule has 0 aromatic carbocycles. The number of carbonyl (C=O) groups excluding carboxylic acids is 4. The molecular formula is C41H67NO15. The fourth-order valence-electron chi connectivity index (χ4n) is 7.82. The summed E-state index contributed by atoms with van der Waals surface area (Å²) in [7, 11) is 4.86. The molecular weight excluding hydrogens is 746 g/mol. The number of nitrogens with zero attached hydrogens (tertiary/aromatic N) is 1. The van der Waals surface area contributed by atoms with Crippen LogP contribution in [0.15, 0.2) is 24.3 Å². The van der Waals surface area contributed by atoms with Gasteiger partial charge in [-0.1, -0.05) is 45.1 Å². The molecule has 57 heavy (non-hydrogen) atoms. The van der Waals surface area contributed by atoms with E-state index in [1.54, 1.807) is 78.8 Å². The van der Waals surface area contributed by atoms with Crippen molar-refractivity contribution in [3.8, 4) is 0 Å². The van der Waals surface area contributed by atoms with E-state index >= 15 is 0 Å². The highest BCUT2D eigenvalue weighted by molar-refractivity contribution is 5.72. The van der Waals surface area contributed by atoms with Crippen LogP contribution in [-0.4, -0.2) is 151 Å². The minimum absolute atomic E-state index is 0.000633. The van der Waals surface area contributed by atoms with E-state index in [-0.39, 0.29) is 32.1 Å². The summed E-state index contributed by atoms with van der Waals surface area (Å²) < 4.78 is 48.5. The first-order chi connectivity index (χ1) is 26.9. The summed E-state index contributed by atoms with van der Waals surface area (Å²) in [5, 5.41) is 34.5. The smallest absolute Gasteiger partial charge is 0.309 e. The Kier molecular flexibility index (Phi) is 19.2. The second-order valence-electron chi connectivity index (χ2n) is 16.0. The van der Waals surface area contributed by atoms with Gasteiger partial charge in [-0.05, 0) is 60.0 Å². The Morgan fingerprint density at radius 1 is 0.965 bits per heavy atom. The number of allylic oxidation sites excluding steroid dienone is 2. The van der Waals surface area contributed by atoms with Crippen LogP contribution in [0.1, 0.15) is 93.4 Å². The molecule has 0 bridgehead atoms.